The van der Waals surface area contributed by atoms with E-state index in [9.17, 15) is 13.2 Å². The predicted octanol–water partition coefficient (Wildman–Crippen LogP) is 3.00. The molecule has 1 aromatic heterocycles. The van der Waals surface area contributed by atoms with Crippen molar-refractivity contribution < 1.29 is 13.2 Å². The van der Waals surface area contributed by atoms with Crippen LogP contribution in [0, 0.1) is 0 Å². The largest absolute Gasteiger partial charge is 0.451 e. The van der Waals surface area contributed by atoms with E-state index in [2.05, 4.69) is 9.97 Å². The second-order valence-corrected chi connectivity index (χ2v) is 3.43. The highest BCUT2D eigenvalue weighted by Crippen LogP contribution is 2.29. The Kier molecular flexibility index (Phi) is 3.96. The fourth-order valence-electron chi connectivity index (χ4n) is 1.24. The summed E-state index contributed by atoms with van der Waals surface area (Å²) in [4.78, 5) is 8.28. The summed E-state index contributed by atoms with van der Waals surface area (Å²) in [6.45, 7) is 4.77. The molecular formula is C9H11ClF3N3. The van der Waals surface area contributed by atoms with Crippen molar-refractivity contribution in [2.45, 2.75) is 20.0 Å². The lowest BCUT2D eigenvalue weighted by molar-refractivity contribution is -0.144. The van der Waals surface area contributed by atoms with Crippen LogP contribution in [0.2, 0.25) is 5.15 Å². The molecule has 0 aliphatic heterocycles. The van der Waals surface area contributed by atoms with Crippen LogP contribution in [0.25, 0.3) is 0 Å². The van der Waals surface area contributed by atoms with Gasteiger partial charge in [-0.05, 0) is 13.8 Å². The zero-order chi connectivity index (χ0) is 12.3. The van der Waals surface area contributed by atoms with Crippen molar-refractivity contribution in [1.82, 2.24) is 9.97 Å². The van der Waals surface area contributed by atoms with E-state index >= 15 is 0 Å². The van der Waals surface area contributed by atoms with Gasteiger partial charge in [-0.3, -0.25) is 0 Å². The quantitative estimate of drug-likeness (QED) is 0.776. The third-order valence-electron chi connectivity index (χ3n) is 2.02. The van der Waals surface area contributed by atoms with Crippen LogP contribution >= 0.6 is 11.6 Å². The molecule has 0 bridgehead atoms. The van der Waals surface area contributed by atoms with Crippen molar-refractivity contribution in [1.29, 1.82) is 0 Å². The molecule has 7 heteroatoms. The lowest BCUT2D eigenvalue weighted by atomic mass is 10.4. The van der Waals surface area contributed by atoms with Gasteiger partial charge in [0.2, 0.25) is 5.82 Å². The maximum atomic E-state index is 12.4. The smallest absolute Gasteiger partial charge is 0.357 e. The molecule has 1 heterocycles. The van der Waals surface area contributed by atoms with E-state index in [1.54, 1.807) is 4.90 Å². The molecule has 0 aliphatic rings. The van der Waals surface area contributed by atoms with Crippen LogP contribution in [0.15, 0.2) is 6.07 Å². The van der Waals surface area contributed by atoms with Crippen molar-refractivity contribution in [2.24, 2.45) is 0 Å². The highest BCUT2D eigenvalue weighted by atomic mass is 35.5. The number of anilines is 1. The first kappa shape index (κ1) is 13.0. The Labute approximate surface area is 96.3 Å². The first-order chi connectivity index (χ1) is 7.38. The monoisotopic (exact) mass is 253 g/mol. The predicted molar refractivity (Wildman–Crippen MR) is 55.6 cm³/mol. The molecule has 0 radical (unpaired) electrons. The normalized spacial score (nSPS) is 11.6. The summed E-state index contributed by atoms with van der Waals surface area (Å²) in [5.41, 5.74) is 0. The maximum absolute atomic E-state index is 12.4. The van der Waals surface area contributed by atoms with Gasteiger partial charge in [0.25, 0.3) is 0 Å². The molecule has 16 heavy (non-hydrogen) atoms. The van der Waals surface area contributed by atoms with Crippen LogP contribution < -0.4 is 4.90 Å². The number of hydrogen-bond acceptors (Lipinski definition) is 3. The summed E-state index contributed by atoms with van der Waals surface area (Å²) in [5.74, 6) is -1.01. The minimum atomic E-state index is -4.58. The minimum absolute atomic E-state index is 0.192. The number of alkyl halides is 3. The van der Waals surface area contributed by atoms with Gasteiger partial charge in [0.15, 0.2) is 0 Å². The zero-order valence-electron chi connectivity index (χ0n) is 8.85. The van der Waals surface area contributed by atoms with E-state index in [1.165, 1.54) is 6.07 Å². The first-order valence-corrected chi connectivity index (χ1v) is 5.13. The maximum Gasteiger partial charge on any atom is 0.451 e. The molecule has 1 aromatic rings. The Morgan fingerprint density at radius 1 is 1.25 bits per heavy atom. The van der Waals surface area contributed by atoms with E-state index in [0.29, 0.717) is 13.1 Å². The molecule has 0 unspecified atom stereocenters. The number of hydrogen-bond donors (Lipinski definition) is 0. The van der Waals surface area contributed by atoms with Gasteiger partial charge in [0, 0.05) is 19.2 Å². The minimum Gasteiger partial charge on any atom is -0.357 e. The van der Waals surface area contributed by atoms with Gasteiger partial charge >= 0.3 is 6.18 Å². The van der Waals surface area contributed by atoms with Gasteiger partial charge in [-0.25, -0.2) is 9.97 Å². The molecule has 0 amide bonds. The van der Waals surface area contributed by atoms with Crippen LogP contribution in [-0.4, -0.2) is 23.1 Å². The molecule has 0 saturated carbocycles. The molecule has 0 saturated heterocycles. The highest BCUT2D eigenvalue weighted by Gasteiger charge is 2.35. The topological polar surface area (TPSA) is 29.0 Å². The summed E-state index contributed by atoms with van der Waals surface area (Å²) < 4.78 is 37.3. The van der Waals surface area contributed by atoms with Crippen molar-refractivity contribution >= 4 is 17.4 Å². The average molecular weight is 254 g/mol. The summed E-state index contributed by atoms with van der Waals surface area (Å²) in [5, 5.41) is -0.204. The molecular weight excluding hydrogens is 243 g/mol. The van der Waals surface area contributed by atoms with Crippen LogP contribution in [0.5, 0.6) is 0 Å². The van der Waals surface area contributed by atoms with Gasteiger partial charge in [0.1, 0.15) is 11.0 Å². The third kappa shape index (κ3) is 2.98. The molecule has 0 aromatic carbocycles. The first-order valence-electron chi connectivity index (χ1n) is 4.75. The summed E-state index contributed by atoms with van der Waals surface area (Å²) in [7, 11) is 0. The lowest BCUT2D eigenvalue weighted by Gasteiger charge is -2.20. The van der Waals surface area contributed by atoms with Gasteiger partial charge < -0.3 is 4.90 Å². The SMILES string of the molecule is CCN(CC)c1cc(Cl)nc(C(F)(F)F)n1. The Balaban J connectivity index is 3.17. The second kappa shape index (κ2) is 4.86. The molecule has 0 atom stereocenters. The fraction of sp³-hybridized carbons (Fsp3) is 0.556. The van der Waals surface area contributed by atoms with Crippen LogP contribution in [-0.2, 0) is 6.18 Å². The molecule has 0 fully saturated rings. The van der Waals surface area contributed by atoms with Gasteiger partial charge in [0.05, 0.1) is 0 Å². The number of halogens is 4. The Morgan fingerprint density at radius 2 is 1.81 bits per heavy atom. The highest BCUT2D eigenvalue weighted by molar-refractivity contribution is 6.29. The molecule has 0 aliphatic carbocycles. The van der Waals surface area contributed by atoms with E-state index in [1.807, 2.05) is 13.8 Å². The summed E-state index contributed by atoms with van der Waals surface area (Å²) in [6, 6.07) is 1.32. The van der Waals surface area contributed by atoms with E-state index < -0.39 is 12.0 Å². The fourth-order valence-corrected chi connectivity index (χ4v) is 1.42. The molecule has 1 rings (SSSR count). The van der Waals surface area contributed by atoms with E-state index in [0.717, 1.165) is 0 Å². The molecule has 3 nitrogen and oxygen atoms in total. The van der Waals surface area contributed by atoms with Crippen molar-refractivity contribution in [3.63, 3.8) is 0 Å². The molecule has 90 valence electrons. The summed E-state index contributed by atoms with van der Waals surface area (Å²) in [6.07, 6.45) is -4.58. The van der Waals surface area contributed by atoms with E-state index in [-0.39, 0.29) is 11.0 Å². The molecule has 0 N–H and O–H groups in total. The average Bonchev–Trinajstić information content (AvgIpc) is 2.17. The van der Waals surface area contributed by atoms with Gasteiger partial charge in [-0.2, -0.15) is 13.2 Å². The lowest BCUT2D eigenvalue weighted by Crippen LogP contribution is -2.24. The molecule has 0 spiro atoms. The third-order valence-corrected chi connectivity index (χ3v) is 2.22. The van der Waals surface area contributed by atoms with Gasteiger partial charge in [-0.15, -0.1) is 0 Å². The Bertz CT molecular complexity index is 364. The standard InChI is InChI=1S/C9H11ClF3N3/c1-3-16(4-2)7-5-6(10)14-8(15-7)9(11,12)13/h5H,3-4H2,1-2H3. The van der Waals surface area contributed by atoms with E-state index in [4.69, 9.17) is 11.6 Å². The zero-order valence-corrected chi connectivity index (χ0v) is 9.60. The van der Waals surface area contributed by atoms with Crippen molar-refractivity contribution in [2.75, 3.05) is 18.0 Å². The number of nitrogens with zero attached hydrogens (tertiary/aromatic N) is 3. The van der Waals surface area contributed by atoms with Crippen LogP contribution in [0.1, 0.15) is 19.7 Å². The van der Waals surface area contributed by atoms with Crippen LogP contribution in [0.3, 0.4) is 0 Å². The summed E-state index contributed by atoms with van der Waals surface area (Å²) >= 11 is 5.54. The van der Waals surface area contributed by atoms with Gasteiger partial charge in [-0.1, -0.05) is 11.6 Å². The van der Waals surface area contributed by atoms with Crippen molar-refractivity contribution in [3.8, 4) is 0 Å². The number of rotatable bonds is 3. The number of aromatic nitrogens is 2. The second-order valence-electron chi connectivity index (χ2n) is 3.04. The Morgan fingerprint density at radius 3 is 2.25 bits per heavy atom. The van der Waals surface area contributed by atoms with Crippen LogP contribution in [0.4, 0.5) is 19.0 Å². The van der Waals surface area contributed by atoms with Crippen molar-refractivity contribution in [3.05, 3.63) is 17.0 Å². The Hall–Kier alpha value is -1.04.